The molecule has 0 radical (unpaired) electrons. The largest absolute Gasteiger partial charge is 0.480 e. The van der Waals surface area contributed by atoms with Gasteiger partial charge in [0.15, 0.2) is 11.6 Å². The van der Waals surface area contributed by atoms with Gasteiger partial charge in [0.1, 0.15) is 11.9 Å². The van der Waals surface area contributed by atoms with Gasteiger partial charge in [0.05, 0.1) is 0 Å². The van der Waals surface area contributed by atoms with E-state index in [0.717, 1.165) is 6.07 Å². The molecule has 0 aliphatic carbocycles. The molecule has 1 aliphatic heterocycles. The quantitative estimate of drug-likeness (QED) is 0.779. The highest BCUT2D eigenvalue weighted by atomic mass is 19.2. The summed E-state index contributed by atoms with van der Waals surface area (Å²) in [6.07, 6.45) is 0.0482. The van der Waals surface area contributed by atoms with E-state index in [1.165, 1.54) is 0 Å². The van der Waals surface area contributed by atoms with E-state index in [2.05, 4.69) is 5.32 Å². The topological polar surface area (TPSA) is 49.3 Å². The van der Waals surface area contributed by atoms with E-state index in [0.29, 0.717) is 6.07 Å². The lowest BCUT2D eigenvalue weighted by Gasteiger charge is -2.11. The minimum atomic E-state index is -1.23. The second-order valence-electron chi connectivity index (χ2n) is 3.99. The van der Waals surface area contributed by atoms with Gasteiger partial charge in [-0.05, 0) is 18.6 Å². The molecule has 0 amide bonds. The Morgan fingerprint density at radius 3 is 2.53 bits per heavy atom. The number of carboxylic acids is 1. The molecule has 0 bridgehead atoms. The molecule has 2 unspecified atom stereocenters. The van der Waals surface area contributed by atoms with E-state index in [-0.39, 0.29) is 18.5 Å². The summed E-state index contributed by atoms with van der Waals surface area (Å²) >= 11 is 0. The molecule has 2 N–H and O–H groups in total. The lowest BCUT2D eigenvalue weighted by atomic mass is 9.95. The van der Waals surface area contributed by atoms with E-state index in [1.807, 2.05) is 0 Å². The first kappa shape index (κ1) is 11.9. The molecule has 1 saturated heterocycles. The van der Waals surface area contributed by atoms with Crippen molar-refractivity contribution < 1.29 is 23.1 Å². The highest BCUT2D eigenvalue weighted by molar-refractivity contribution is 5.74. The lowest BCUT2D eigenvalue weighted by molar-refractivity contribution is -0.139. The standard InChI is InChI=1S/C11H10F3NO2/c12-6-1-2-7(13)10(14)9(6)5-3-8(11(16)17)15-4-5/h1-2,5,8,15H,3-4H2,(H,16,17). The first-order valence-corrected chi connectivity index (χ1v) is 5.10. The van der Waals surface area contributed by atoms with Crippen LogP contribution in [0.25, 0.3) is 0 Å². The van der Waals surface area contributed by atoms with Crippen LogP contribution in [0.2, 0.25) is 0 Å². The maximum Gasteiger partial charge on any atom is 0.320 e. The average Bonchev–Trinajstić information content (AvgIpc) is 2.73. The van der Waals surface area contributed by atoms with Crippen molar-refractivity contribution >= 4 is 5.97 Å². The van der Waals surface area contributed by atoms with Crippen molar-refractivity contribution in [2.24, 2.45) is 0 Å². The van der Waals surface area contributed by atoms with Crippen LogP contribution in [-0.2, 0) is 4.79 Å². The molecule has 1 aromatic rings. The molecular formula is C11H10F3NO2. The fraction of sp³-hybridized carbons (Fsp3) is 0.364. The second kappa shape index (κ2) is 4.37. The van der Waals surface area contributed by atoms with E-state index < -0.39 is 35.4 Å². The number of benzene rings is 1. The van der Waals surface area contributed by atoms with Crippen LogP contribution in [0.1, 0.15) is 17.9 Å². The maximum absolute atomic E-state index is 13.5. The second-order valence-corrected chi connectivity index (χ2v) is 3.99. The SMILES string of the molecule is O=C(O)C1CC(c2c(F)ccc(F)c2F)CN1. The normalized spacial score (nSPS) is 23.9. The molecule has 1 heterocycles. The first-order valence-electron chi connectivity index (χ1n) is 5.10. The fourth-order valence-electron chi connectivity index (χ4n) is 2.06. The van der Waals surface area contributed by atoms with Crippen molar-refractivity contribution in [2.45, 2.75) is 18.4 Å². The summed E-state index contributed by atoms with van der Waals surface area (Å²) < 4.78 is 39.9. The molecule has 6 heteroatoms. The van der Waals surface area contributed by atoms with Gasteiger partial charge in [-0.15, -0.1) is 0 Å². The molecule has 1 aliphatic rings. The van der Waals surface area contributed by atoms with E-state index in [1.54, 1.807) is 0 Å². The Bertz CT molecular complexity index is 464. The number of nitrogens with one attached hydrogen (secondary N) is 1. The van der Waals surface area contributed by atoms with E-state index >= 15 is 0 Å². The third-order valence-electron chi connectivity index (χ3n) is 2.92. The molecule has 92 valence electrons. The molecule has 2 rings (SSSR count). The average molecular weight is 245 g/mol. The minimum Gasteiger partial charge on any atom is -0.480 e. The number of halogens is 3. The van der Waals surface area contributed by atoms with Crippen molar-refractivity contribution in [1.82, 2.24) is 5.32 Å². The van der Waals surface area contributed by atoms with Crippen LogP contribution >= 0.6 is 0 Å². The molecule has 1 fully saturated rings. The van der Waals surface area contributed by atoms with Crippen molar-refractivity contribution in [3.8, 4) is 0 Å². The predicted molar refractivity (Wildman–Crippen MR) is 53.1 cm³/mol. The van der Waals surface area contributed by atoms with Gasteiger partial charge in [-0.1, -0.05) is 0 Å². The summed E-state index contributed by atoms with van der Waals surface area (Å²) in [5, 5.41) is 11.4. The lowest BCUT2D eigenvalue weighted by Crippen LogP contribution is -2.29. The highest BCUT2D eigenvalue weighted by Crippen LogP contribution is 2.30. The molecule has 2 atom stereocenters. The molecule has 0 saturated carbocycles. The molecule has 1 aromatic carbocycles. The Hall–Kier alpha value is -1.56. The molecule has 0 aromatic heterocycles. The van der Waals surface area contributed by atoms with E-state index in [9.17, 15) is 18.0 Å². The van der Waals surface area contributed by atoms with Gasteiger partial charge in [-0.2, -0.15) is 0 Å². The molecular weight excluding hydrogens is 235 g/mol. The number of hydrogen-bond donors (Lipinski definition) is 2. The van der Waals surface area contributed by atoms with Crippen LogP contribution in [-0.4, -0.2) is 23.7 Å². The summed E-state index contributed by atoms with van der Waals surface area (Å²) in [6.45, 7) is 0.119. The Morgan fingerprint density at radius 2 is 1.94 bits per heavy atom. The smallest absolute Gasteiger partial charge is 0.320 e. The summed E-state index contributed by atoms with van der Waals surface area (Å²) in [5.74, 6) is -4.94. The van der Waals surface area contributed by atoms with Gasteiger partial charge in [-0.3, -0.25) is 4.79 Å². The van der Waals surface area contributed by atoms with Crippen molar-refractivity contribution in [3.05, 3.63) is 35.1 Å². The number of carbonyl (C=O) groups is 1. The van der Waals surface area contributed by atoms with Crippen LogP contribution < -0.4 is 5.32 Å². The van der Waals surface area contributed by atoms with Crippen molar-refractivity contribution in [2.75, 3.05) is 6.54 Å². The number of hydrogen-bond acceptors (Lipinski definition) is 2. The highest BCUT2D eigenvalue weighted by Gasteiger charge is 2.33. The first-order chi connectivity index (χ1) is 8.00. The molecule has 17 heavy (non-hydrogen) atoms. The maximum atomic E-state index is 13.5. The van der Waals surface area contributed by atoms with Crippen LogP contribution in [0.15, 0.2) is 12.1 Å². The van der Waals surface area contributed by atoms with Gasteiger partial charge in [0, 0.05) is 18.0 Å². The third kappa shape index (κ3) is 2.12. The van der Waals surface area contributed by atoms with Gasteiger partial charge >= 0.3 is 5.97 Å². The Kier molecular flexibility index (Phi) is 3.06. The summed E-state index contributed by atoms with van der Waals surface area (Å²) in [6, 6.07) is 0.717. The summed E-state index contributed by atoms with van der Waals surface area (Å²) in [4.78, 5) is 10.7. The minimum absolute atomic E-state index is 0.0482. The zero-order valence-electron chi connectivity index (χ0n) is 8.71. The van der Waals surface area contributed by atoms with Gasteiger partial charge < -0.3 is 10.4 Å². The van der Waals surface area contributed by atoms with Crippen molar-refractivity contribution in [1.29, 1.82) is 0 Å². The van der Waals surface area contributed by atoms with Gasteiger partial charge in [0.25, 0.3) is 0 Å². The number of rotatable bonds is 2. The van der Waals surface area contributed by atoms with Crippen molar-refractivity contribution in [3.63, 3.8) is 0 Å². The molecule has 0 spiro atoms. The fourth-order valence-corrected chi connectivity index (χ4v) is 2.06. The van der Waals surface area contributed by atoms with Crippen LogP contribution in [0.3, 0.4) is 0 Å². The van der Waals surface area contributed by atoms with Crippen LogP contribution in [0.4, 0.5) is 13.2 Å². The Labute approximate surface area is 95.3 Å². The monoisotopic (exact) mass is 245 g/mol. The Morgan fingerprint density at radius 1 is 1.29 bits per heavy atom. The van der Waals surface area contributed by atoms with Gasteiger partial charge in [0.2, 0.25) is 0 Å². The molecule has 3 nitrogen and oxygen atoms in total. The number of carboxylic acid groups (broad SMARTS) is 1. The Balaban J connectivity index is 2.30. The number of aliphatic carboxylic acids is 1. The van der Waals surface area contributed by atoms with Gasteiger partial charge in [-0.25, -0.2) is 13.2 Å². The zero-order valence-corrected chi connectivity index (χ0v) is 8.71. The zero-order chi connectivity index (χ0) is 12.6. The van der Waals surface area contributed by atoms with E-state index in [4.69, 9.17) is 5.11 Å². The van der Waals surface area contributed by atoms with Crippen LogP contribution in [0, 0.1) is 17.5 Å². The third-order valence-corrected chi connectivity index (χ3v) is 2.92. The van der Waals surface area contributed by atoms with Crippen LogP contribution in [0.5, 0.6) is 0 Å². The summed E-state index contributed by atoms with van der Waals surface area (Å²) in [5.41, 5.74) is -0.374. The summed E-state index contributed by atoms with van der Waals surface area (Å²) in [7, 11) is 0. The predicted octanol–water partition coefficient (Wildman–Crippen LogP) is 1.63.